The molecular weight excluding hydrogens is 496 g/mol. The number of carbonyl (C=O) groups is 2. The van der Waals surface area contributed by atoms with Gasteiger partial charge in [0.15, 0.2) is 0 Å². The van der Waals surface area contributed by atoms with Gasteiger partial charge in [-0.2, -0.15) is 0 Å². The predicted molar refractivity (Wildman–Crippen MR) is 137 cm³/mol. The molecule has 0 bridgehead atoms. The van der Waals surface area contributed by atoms with Gasteiger partial charge in [-0.1, -0.05) is 13.8 Å². The molecule has 0 atom stereocenters. The lowest BCUT2D eigenvalue weighted by atomic mass is 9.84. The van der Waals surface area contributed by atoms with E-state index in [4.69, 9.17) is 37.9 Å². The Morgan fingerprint density at radius 1 is 0.605 bits per heavy atom. The van der Waals surface area contributed by atoms with Gasteiger partial charge < -0.3 is 37.9 Å². The summed E-state index contributed by atoms with van der Waals surface area (Å²) in [6.45, 7) is 11.3. The largest absolute Gasteiger partial charge is 0.460 e. The standard InChI is InChI=1S/C28H42O10/c1-3-27(19-35-20-27)17-33-11-9-31-13-15-37-25(29)23-5-7-24(8-6-23)26(30)38-16-14-32-10-12-34-18-28(4-2)21-36-22-28/h5-8H,3-4,9-22H2,1-2H3. The lowest BCUT2D eigenvalue weighted by Crippen LogP contribution is -2.45. The fourth-order valence-corrected chi connectivity index (χ4v) is 3.87. The van der Waals surface area contributed by atoms with Crippen molar-refractivity contribution >= 4 is 11.9 Å². The molecule has 2 fully saturated rings. The first-order chi connectivity index (χ1) is 18.5. The maximum Gasteiger partial charge on any atom is 0.338 e. The minimum absolute atomic E-state index is 0.133. The van der Waals surface area contributed by atoms with Crippen LogP contribution in [0.25, 0.3) is 0 Å². The average Bonchev–Trinajstić information content (AvgIpc) is 2.89. The average molecular weight is 539 g/mol. The molecule has 0 unspecified atom stereocenters. The molecule has 2 aliphatic heterocycles. The van der Waals surface area contributed by atoms with Crippen LogP contribution in [-0.4, -0.2) is 104 Å². The highest BCUT2D eigenvalue weighted by Gasteiger charge is 2.37. The summed E-state index contributed by atoms with van der Waals surface area (Å²) in [4.78, 5) is 24.4. The number of rotatable bonds is 20. The van der Waals surface area contributed by atoms with Gasteiger partial charge in [-0.3, -0.25) is 0 Å². The van der Waals surface area contributed by atoms with E-state index in [0.717, 1.165) is 39.3 Å². The second-order valence-electron chi connectivity index (χ2n) is 9.87. The first-order valence-electron chi connectivity index (χ1n) is 13.4. The van der Waals surface area contributed by atoms with E-state index in [1.165, 1.54) is 24.3 Å². The van der Waals surface area contributed by atoms with Crippen molar-refractivity contribution in [2.45, 2.75) is 26.7 Å². The van der Waals surface area contributed by atoms with Gasteiger partial charge in [0.25, 0.3) is 0 Å². The minimum atomic E-state index is -0.482. The molecule has 2 saturated heterocycles. The summed E-state index contributed by atoms with van der Waals surface area (Å²) >= 11 is 0. The molecule has 2 heterocycles. The third-order valence-corrected chi connectivity index (χ3v) is 6.97. The van der Waals surface area contributed by atoms with Crippen molar-refractivity contribution in [2.75, 3.05) is 92.5 Å². The van der Waals surface area contributed by atoms with E-state index >= 15 is 0 Å². The molecule has 38 heavy (non-hydrogen) atoms. The highest BCUT2D eigenvalue weighted by atomic mass is 16.6. The molecule has 2 aliphatic rings. The van der Waals surface area contributed by atoms with Crippen LogP contribution in [0.3, 0.4) is 0 Å². The lowest BCUT2D eigenvalue weighted by molar-refractivity contribution is -0.153. The monoisotopic (exact) mass is 538 g/mol. The molecular formula is C28H42O10. The Morgan fingerprint density at radius 3 is 1.26 bits per heavy atom. The molecule has 0 aromatic heterocycles. The summed E-state index contributed by atoms with van der Waals surface area (Å²) in [6.07, 6.45) is 2.07. The Morgan fingerprint density at radius 2 is 0.947 bits per heavy atom. The second-order valence-corrected chi connectivity index (χ2v) is 9.87. The fourth-order valence-electron chi connectivity index (χ4n) is 3.87. The number of esters is 2. The van der Waals surface area contributed by atoms with Gasteiger partial charge in [-0.15, -0.1) is 0 Å². The van der Waals surface area contributed by atoms with E-state index in [0.29, 0.717) is 50.8 Å². The Hall–Kier alpha value is -2.08. The molecule has 0 aliphatic carbocycles. The van der Waals surface area contributed by atoms with Crippen molar-refractivity contribution in [2.24, 2.45) is 10.8 Å². The van der Waals surface area contributed by atoms with Crippen LogP contribution in [0.15, 0.2) is 24.3 Å². The molecule has 0 radical (unpaired) electrons. The van der Waals surface area contributed by atoms with Crippen molar-refractivity contribution in [1.29, 1.82) is 0 Å². The molecule has 1 aromatic rings. The molecule has 10 heteroatoms. The first-order valence-corrected chi connectivity index (χ1v) is 13.4. The number of benzene rings is 1. The highest BCUT2D eigenvalue weighted by Crippen LogP contribution is 2.32. The van der Waals surface area contributed by atoms with Crippen molar-refractivity contribution in [3.05, 3.63) is 35.4 Å². The van der Waals surface area contributed by atoms with Crippen molar-refractivity contribution in [3.63, 3.8) is 0 Å². The van der Waals surface area contributed by atoms with Crippen LogP contribution < -0.4 is 0 Å². The van der Waals surface area contributed by atoms with Gasteiger partial charge in [0.05, 0.1) is 90.4 Å². The zero-order chi connectivity index (χ0) is 27.1. The van der Waals surface area contributed by atoms with Crippen molar-refractivity contribution in [3.8, 4) is 0 Å². The van der Waals surface area contributed by atoms with E-state index in [1.54, 1.807) is 0 Å². The number of carbonyl (C=O) groups excluding carboxylic acids is 2. The number of ether oxygens (including phenoxy) is 8. The summed E-state index contributed by atoms with van der Waals surface area (Å²) in [5, 5.41) is 0. The summed E-state index contributed by atoms with van der Waals surface area (Å²) in [5.41, 5.74) is 1.02. The van der Waals surface area contributed by atoms with Gasteiger partial charge in [-0.05, 0) is 37.1 Å². The fraction of sp³-hybridized carbons (Fsp3) is 0.714. The Kier molecular flexibility index (Phi) is 12.9. The second kappa shape index (κ2) is 16.1. The third-order valence-electron chi connectivity index (χ3n) is 6.97. The zero-order valence-electron chi connectivity index (χ0n) is 22.7. The van der Waals surface area contributed by atoms with Crippen molar-refractivity contribution in [1.82, 2.24) is 0 Å². The van der Waals surface area contributed by atoms with E-state index < -0.39 is 11.9 Å². The van der Waals surface area contributed by atoms with Crippen LogP contribution in [0, 0.1) is 10.8 Å². The topological polar surface area (TPSA) is 108 Å². The summed E-state index contributed by atoms with van der Waals surface area (Å²) in [5.74, 6) is -0.963. The quantitative estimate of drug-likeness (QED) is 0.182. The van der Waals surface area contributed by atoms with E-state index in [9.17, 15) is 9.59 Å². The van der Waals surface area contributed by atoms with Gasteiger partial charge in [0, 0.05) is 10.8 Å². The Balaban J connectivity index is 1.17. The van der Waals surface area contributed by atoms with Crippen LogP contribution >= 0.6 is 0 Å². The molecule has 214 valence electrons. The molecule has 10 nitrogen and oxygen atoms in total. The first kappa shape index (κ1) is 30.5. The van der Waals surface area contributed by atoms with Crippen LogP contribution in [0.1, 0.15) is 47.4 Å². The zero-order valence-corrected chi connectivity index (χ0v) is 22.7. The van der Waals surface area contributed by atoms with Gasteiger partial charge in [0.1, 0.15) is 13.2 Å². The lowest BCUT2D eigenvalue weighted by Gasteiger charge is -2.40. The maximum absolute atomic E-state index is 12.2. The summed E-state index contributed by atoms with van der Waals surface area (Å²) in [6, 6.07) is 6.13. The van der Waals surface area contributed by atoms with Gasteiger partial charge in [-0.25, -0.2) is 9.59 Å². The Labute approximate surface area is 225 Å². The predicted octanol–water partition coefficient (Wildman–Crippen LogP) is 2.92. The van der Waals surface area contributed by atoms with E-state index in [2.05, 4.69) is 13.8 Å². The molecule has 0 saturated carbocycles. The van der Waals surface area contributed by atoms with E-state index in [1.807, 2.05) is 0 Å². The molecule has 0 amide bonds. The van der Waals surface area contributed by atoms with Crippen LogP contribution in [0.5, 0.6) is 0 Å². The van der Waals surface area contributed by atoms with Crippen LogP contribution in [0.2, 0.25) is 0 Å². The highest BCUT2D eigenvalue weighted by molar-refractivity contribution is 5.93. The van der Waals surface area contributed by atoms with Gasteiger partial charge in [0.2, 0.25) is 0 Å². The SMILES string of the molecule is CCC1(COCCOCCOC(=O)c2ccc(C(=O)OCCOCCOCC3(CC)COC3)cc2)COC1. The smallest absolute Gasteiger partial charge is 0.338 e. The molecule has 0 N–H and O–H groups in total. The van der Waals surface area contributed by atoms with Gasteiger partial charge >= 0.3 is 11.9 Å². The molecule has 0 spiro atoms. The third kappa shape index (κ3) is 9.59. The maximum atomic E-state index is 12.2. The van der Waals surface area contributed by atoms with Crippen LogP contribution in [0.4, 0.5) is 0 Å². The minimum Gasteiger partial charge on any atom is -0.460 e. The summed E-state index contributed by atoms with van der Waals surface area (Å²) in [7, 11) is 0. The number of hydrogen-bond donors (Lipinski definition) is 0. The molecule has 3 rings (SSSR count). The summed E-state index contributed by atoms with van der Waals surface area (Å²) < 4.78 is 43.2. The Bertz CT molecular complexity index is 753. The van der Waals surface area contributed by atoms with Crippen molar-refractivity contribution < 1.29 is 47.5 Å². The van der Waals surface area contributed by atoms with E-state index in [-0.39, 0.29) is 37.3 Å². The number of hydrogen-bond acceptors (Lipinski definition) is 10. The van der Waals surface area contributed by atoms with Crippen LogP contribution in [-0.2, 0) is 37.9 Å². The molecule has 1 aromatic carbocycles. The normalized spacial score (nSPS) is 17.3.